The van der Waals surface area contributed by atoms with Crippen molar-refractivity contribution in [1.82, 2.24) is 5.43 Å². The van der Waals surface area contributed by atoms with E-state index in [1.54, 1.807) is 6.21 Å². The predicted octanol–water partition coefficient (Wildman–Crippen LogP) is 3.91. The van der Waals surface area contributed by atoms with Crippen LogP contribution < -0.4 is 10.2 Å². The summed E-state index contributed by atoms with van der Waals surface area (Å²) in [6.07, 6.45) is 1.67. The summed E-state index contributed by atoms with van der Waals surface area (Å²) in [6.45, 7) is 9.92. The van der Waals surface area contributed by atoms with E-state index >= 15 is 0 Å². The highest BCUT2D eigenvalue weighted by Gasteiger charge is 2.12. The number of hydrazone groups is 1. The van der Waals surface area contributed by atoms with Crippen molar-refractivity contribution in [3.05, 3.63) is 28.3 Å². The standard InChI is InChI=1S/C16H23ClN2O2/c1-10(2)8-18-19-16(20)9-21-15-6-12(5)14(17)7-13(15)11(3)4/h6-8,10-11H,9H2,1-5H3,(H,19,20)/b18-8-. The van der Waals surface area contributed by atoms with Crippen LogP contribution in [0.3, 0.4) is 0 Å². The summed E-state index contributed by atoms with van der Waals surface area (Å²) in [5.74, 6) is 0.960. The number of nitrogens with one attached hydrogen (secondary N) is 1. The fraction of sp³-hybridized carbons (Fsp3) is 0.500. The van der Waals surface area contributed by atoms with E-state index in [2.05, 4.69) is 24.4 Å². The van der Waals surface area contributed by atoms with Crippen molar-refractivity contribution < 1.29 is 9.53 Å². The van der Waals surface area contributed by atoms with Gasteiger partial charge in [-0.25, -0.2) is 5.43 Å². The first-order chi connectivity index (χ1) is 9.81. The Hall–Kier alpha value is -1.55. The first kappa shape index (κ1) is 17.5. The molecule has 0 atom stereocenters. The molecule has 0 radical (unpaired) electrons. The summed E-state index contributed by atoms with van der Waals surface area (Å²) >= 11 is 6.14. The van der Waals surface area contributed by atoms with Crippen LogP contribution >= 0.6 is 11.6 Å². The second-order valence-electron chi connectivity index (χ2n) is 5.64. The van der Waals surface area contributed by atoms with E-state index in [1.165, 1.54) is 0 Å². The number of carbonyl (C=O) groups excluding carboxylic acids is 1. The van der Waals surface area contributed by atoms with Crippen molar-refractivity contribution >= 4 is 23.7 Å². The number of rotatable bonds is 6. The van der Waals surface area contributed by atoms with Gasteiger partial charge in [0.15, 0.2) is 6.61 Å². The van der Waals surface area contributed by atoms with Gasteiger partial charge >= 0.3 is 0 Å². The Bertz CT molecular complexity index is 525. The Kier molecular flexibility index (Phi) is 6.69. The molecule has 5 heteroatoms. The van der Waals surface area contributed by atoms with Gasteiger partial charge in [-0.3, -0.25) is 4.79 Å². The van der Waals surface area contributed by atoms with Crippen LogP contribution in [0, 0.1) is 12.8 Å². The second kappa shape index (κ2) is 8.03. The van der Waals surface area contributed by atoms with Crippen molar-refractivity contribution in [1.29, 1.82) is 0 Å². The third kappa shape index (κ3) is 5.76. The SMILES string of the molecule is Cc1cc(OCC(=O)N/N=C\C(C)C)c(C(C)C)cc1Cl. The molecule has 0 heterocycles. The Morgan fingerprint density at radius 1 is 1.38 bits per heavy atom. The molecule has 116 valence electrons. The molecule has 1 amide bonds. The number of carbonyl (C=O) groups is 1. The molecular weight excluding hydrogens is 288 g/mol. The van der Waals surface area contributed by atoms with Crippen LogP contribution in [0.5, 0.6) is 5.75 Å². The number of amides is 1. The van der Waals surface area contributed by atoms with E-state index in [0.29, 0.717) is 10.8 Å². The number of nitrogens with zero attached hydrogens (tertiary/aromatic N) is 1. The van der Waals surface area contributed by atoms with Crippen LogP contribution in [0.15, 0.2) is 17.2 Å². The molecule has 0 aliphatic rings. The molecule has 1 N–H and O–H groups in total. The summed E-state index contributed by atoms with van der Waals surface area (Å²) in [5, 5.41) is 4.55. The number of hydrogen-bond acceptors (Lipinski definition) is 3. The molecule has 4 nitrogen and oxygen atoms in total. The summed E-state index contributed by atoms with van der Waals surface area (Å²) < 4.78 is 5.61. The molecular formula is C16H23ClN2O2. The van der Waals surface area contributed by atoms with Crippen LogP contribution in [0.4, 0.5) is 0 Å². The van der Waals surface area contributed by atoms with E-state index in [-0.39, 0.29) is 24.3 Å². The van der Waals surface area contributed by atoms with Crippen molar-refractivity contribution in [2.75, 3.05) is 6.61 Å². The molecule has 0 fully saturated rings. The highest BCUT2D eigenvalue weighted by molar-refractivity contribution is 6.31. The average Bonchev–Trinajstić information content (AvgIpc) is 2.39. The Labute approximate surface area is 131 Å². The van der Waals surface area contributed by atoms with E-state index in [0.717, 1.165) is 11.1 Å². The van der Waals surface area contributed by atoms with Gasteiger partial charge in [0.25, 0.3) is 5.91 Å². The first-order valence-corrected chi connectivity index (χ1v) is 7.44. The monoisotopic (exact) mass is 310 g/mol. The average molecular weight is 311 g/mol. The van der Waals surface area contributed by atoms with Crippen LogP contribution in [0.1, 0.15) is 44.7 Å². The Morgan fingerprint density at radius 2 is 2.05 bits per heavy atom. The van der Waals surface area contributed by atoms with Crippen molar-refractivity contribution in [3.8, 4) is 5.75 Å². The highest BCUT2D eigenvalue weighted by Crippen LogP contribution is 2.31. The molecule has 0 aliphatic heterocycles. The topological polar surface area (TPSA) is 50.7 Å². The molecule has 0 aliphatic carbocycles. The largest absolute Gasteiger partial charge is 0.483 e. The van der Waals surface area contributed by atoms with Gasteiger partial charge in [-0.05, 0) is 42.0 Å². The molecule has 0 bridgehead atoms. The summed E-state index contributed by atoms with van der Waals surface area (Å²) in [5.41, 5.74) is 4.35. The molecule has 21 heavy (non-hydrogen) atoms. The maximum absolute atomic E-state index is 11.7. The van der Waals surface area contributed by atoms with Gasteiger partial charge in [-0.1, -0.05) is 39.3 Å². The van der Waals surface area contributed by atoms with Gasteiger partial charge in [0.05, 0.1) is 0 Å². The molecule has 0 aromatic heterocycles. The lowest BCUT2D eigenvalue weighted by Gasteiger charge is -2.15. The van der Waals surface area contributed by atoms with Gasteiger partial charge in [0, 0.05) is 11.2 Å². The lowest BCUT2D eigenvalue weighted by atomic mass is 10.0. The number of benzene rings is 1. The van der Waals surface area contributed by atoms with E-state index < -0.39 is 0 Å². The van der Waals surface area contributed by atoms with Gasteiger partial charge in [-0.2, -0.15) is 5.10 Å². The van der Waals surface area contributed by atoms with Crippen LogP contribution in [-0.2, 0) is 4.79 Å². The molecule has 1 aromatic rings. The van der Waals surface area contributed by atoms with Crippen LogP contribution in [0.2, 0.25) is 5.02 Å². The minimum Gasteiger partial charge on any atom is -0.483 e. The maximum Gasteiger partial charge on any atom is 0.277 e. The molecule has 1 rings (SSSR count). The molecule has 0 saturated heterocycles. The number of aryl methyl sites for hydroxylation is 1. The van der Waals surface area contributed by atoms with Crippen LogP contribution in [0.25, 0.3) is 0 Å². The van der Waals surface area contributed by atoms with Gasteiger partial charge in [0.1, 0.15) is 5.75 Å². The molecule has 0 spiro atoms. The zero-order valence-electron chi connectivity index (χ0n) is 13.2. The van der Waals surface area contributed by atoms with Gasteiger partial charge < -0.3 is 4.74 Å². The minimum absolute atomic E-state index is 0.0732. The minimum atomic E-state index is -0.283. The number of hydrogen-bond donors (Lipinski definition) is 1. The first-order valence-electron chi connectivity index (χ1n) is 7.06. The smallest absolute Gasteiger partial charge is 0.277 e. The lowest BCUT2D eigenvalue weighted by molar-refractivity contribution is -0.123. The molecule has 0 saturated carbocycles. The van der Waals surface area contributed by atoms with Crippen molar-refractivity contribution in [2.45, 2.75) is 40.5 Å². The Morgan fingerprint density at radius 3 is 2.62 bits per heavy atom. The van der Waals surface area contributed by atoms with Gasteiger partial charge in [-0.15, -0.1) is 0 Å². The normalized spacial score (nSPS) is 11.4. The summed E-state index contributed by atoms with van der Waals surface area (Å²) in [7, 11) is 0. The van der Waals surface area contributed by atoms with Gasteiger partial charge in [0.2, 0.25) is 0 Å². The molecule has 1 aromatic carbocycles. The fourth-order valence-electron chi connectivity index (χ4n) is 1.68. The quantitative estimate of drug-likeness (QED) is 0.640. The zero-order valence-corrected chi connectivity index (χ0v) is 14.0. The molecule has 0 unspecified atom stereocenters. The number of ether oxygens (including phenoxy) is 1. The van der Waals surface area contributed by atoms with Crippen LogP contribution in [-0.4, -0.2) is 18.7 Å². The van der Waals surface area contributed by atoms with E-state index in [1.807, 2.05) is 32.9 Å². The third-order valence-electron chi connectivity index (χ3n) is 2.83. The van der Waals surface area contributed by atoms with E-state index in [4.69, 9.17) is 16.3 Å². The van der Waals surface area contributed by atoms with E-state index in [9.17, 15) is 4.79 Å². The Balaban J connectivity index is 2.70. The lowest BCUT2D eigenvalue weighted by Crippen LogP contribution is -2.25. The third-order valence-corrected chi connectivity index (χ3v) is 3.24. The predicted molar refractivity (Wildman–Crippen MR) is 87.2 cm³/mol. The summed E-state index contributed by atoms with van der Waals surface area (Å²) in [6, 6.07) is 3.76. The maximum atomic E-state index is 11.7. The van der Waals surface area contributed by atoms with Crippen molar-refractivity contribution in [3.63, 3.8) is 0 Å². The highest BCUT2D eigenvalue weighted by atomic mass is 35.5. The second-order valence-corrected chi connectivity index (χ2v) is 6.05. The van der Waals surface area contributed by atoms with Crippen molar-refractivity contribution in [2.24, 2.45) is 11.0 Å². The number of halogens is 1. The fourth-order valence-corrected chi connectivity index (χ4v) is 1.85. The summed E-state index contributed by atoms with van der Waals surface area (Å²) in [4.78, 5) is 11.7. The zero-order chi connectivity index (χ0) is 16.0.